The summed E-state index contributed by atoms with van der Waals surface area (Å²) in [7, 11) is 0. The Hall–Kier alpha value is 3.08. The minimum absolute atomic E-state index is 0. The molecule has 27 valence electrons. The van der Waals surface area contributed by atoms with Crippen molar-refractivity contribution in [2.75, 3.05) is 0 Å². The summed E-state index contributed by atoms with van der Waals surface area (Å²) in [5, 5.41) is 0. The van der Waals surface area contributed by atoms with Gasteiger partial charge in [0.2, 0.25) is 0 Å². The maximum Gasteiger partial charge on any atom is 3.00 e. The molecule has 6 heteroatoms. The first kappa shape index (κ1) is 16.0. The van der Waals surface area contributed by atoms with Gasteiger partial charge >= 0.3 is 113 Å². The standard InChI is InChI=1S/Mn.3O.Pr.Sr/q;;2*-1;+3;+2. The monoisotopic (exact) mass is 332 g/mol. The SMILES string of the molecule is [O]=[Mn]([O-])[O-].[Pr+3].[Sr+2]. The first-order valence-corrected chi connectivity index (χ1v) is 1.91. The zero-order chi connectivity index (χ0) is 3.58. The van der Waals surface area contributed by atoms with Gasteiger partial charge in [-0.1, -0.05) is 0 Å². The van der Waals surface area contributed by atoms with Gasteiger partial charge in [0.15, 0.2) is 0 Å². The van der Waals surface area contributed by atoms with Gasteiger partial charge in [-0.05, 0) is 0 Å². The van der Waals surface area contributed by atoms with Gasteiger partial charge in [-0.15, -0.1) is 0 Å². The van der Waals surface area contributed by atoms with Crippen molar-refractivity contribution >= 4 is 45.5 Å². The van der Waals surface area contributed by atoms with Crippen molar-refractivity contribution < 1.29 is 68.0 Å². The Balaban J connectivity index is -0.0000000450. The minimum Gasteiger partial charge on any atom is 2.00 e. The van der Waals surface area contributed by atoms with Crippen LogP contribution in [0.1, 0.15) is 0 Å². The van der Waals surface area contributed by atoms with Crippen molar-refractivity contribution in [1.29, 1.82) is 0 Å². The van der Waals surface area contributed by atoms with Gasteiger partial charge in [-0.2, -0.15) is 0 Å². The fraction of sp³-hybridized carbons (Fsp3) is 0. The molecule has 0 N–H and O–H groups in total. The summed E-state index contributed by atoms with van der Waals surface area (Å²) >= 11 is -3.65. The van der Waals surface area contributed by atoms with Gasteiger partial charge in [0.25, 0.3) is 0 Å². The molecule has 0 atom stereocenters. The number of hydrogen-bond donors (Lipinski definition) is 0. The molecule has 3 nitrogen and oxygen atoms in total. The maximum absolute atomic E-state index is 8.52. The Morgan fingerprint density at radius 3 is 1.33 bits per heavy atom. The molecule has 0 amide bonds. The quantitative estimate of drug-likeness (QED) is 0.448. The molecule has 0 unspecified atom stereocenters. The fourth-order valence-corrected chi connectivity index (χ4v) is 0. The van der Waals surface area contributed by atoms with E-state index in [0.717, 1.165) is 0 Å². The van der Waals surface area contributed by atoms with E-state index in [4.69, 9.17) is 12.2 Å². The van der Waals surface area contributed by atoms with Crippen molar-refractivity contribution in [2.45, 2.75) is 0 Å². The average Bonchev–Trinajstić information content (AvgIpc) is 0.811. The van der Waals surface area contributed by atoms with E-state index in [1.165, 1.54) is 0 Å². The molecule has 0 aromatic rings. The molecule has 0 rings (SSSR count). The van der Waals surface area contributed by atoms with E-state index in [1.807, 2.05) is 0 Å². The van der Waals surface area contributed by atoms with Crippen LogP contribution in [-0.4, -0.2) is 45.5 Å². The Kier molecular flexibility index (Phi) is 29.3. The second-order valence-electron chi connectivity index (χ2n) is 0.189. The third-order valence-corrected chi connectivity index (χ3v) is 0. The van der Waals surface area contributed by atoms with Crippen molar-refractivity contribution in [3.8, 4) is 0 Å². The molecule has 0 spiro atoms. The zero-order valence-corrected chi connectivity index (χ0v) is 11.2. The van der Waals surface area contributed by atoms with Crippen LogP contribution in [0.3, 0.4) is 0 Å². The topological polar surface area (TPSA) is 63.2 Å². The van der Waals surface area contributed by atoms with Crippen molar-refractivity contribution in [3.05, 3.63) is 0 Å². The molecule has 0 heterocycles. The van der Waals surface area contributed by atoms with Crippen LogP contribution in [0.5, 0.6) is 0 Å². The van der Waals surface area contributed by atoms with E-state index < -0.39 is 14.5 Å². The largest absolute Gasteiger partial charge is 3.00 e. The molecule has 0 aromatic heterocycles. The molecule has 0 fully saturated rings. The fourth-order valence-electron chi connectivity index (χ4n) is 0. The molecule has 0 aliphatic rings. The van der Waals surface area contributed by atoms with E-state index in [2.05, 4.69) is 0 Å². The van der Waals surface area contributed by atoms with Crippen LogP contribution >= 0.6 is 0 Å². The van der Waals surface area contributed by atoms with E-state index in [0.29, 0.717) is 0 Å². The third-order valence-electron chi connectivity index (χ3n) is 0. The van der Waals surface area contributed by atoms with Gasteiger partial charge in [0.05, 0.1) is 0 Å². The van der Waals surface area contributed by atoms with E-state index in [1.54, 1.807) is 0 Å². The Labute approximate surface area is 110 Å². The summed E-state index contributed by atoms with van der Waals surface area (Å²) in [6.07, 6.45) is 0. The zero-order valence-electron chi connectivity index (χ0n) is 2.89. The molecular formula is MnO3PrSr+3. The summed E-state index contributed by atoms with van der Waals surface area (Å²) in [6, 6.07) is 0. The van der Waals surface area contributed by atoms with Gasteiger partial charge in [-0.25, -0.2) is 0 Å². The summed E-state index contributed by atoms with van der Waals surface area (Å²) in [4.78, 5) is 0. The molecule has 0 saturated carbocycles. The second kappa shape index (κ2) is 11.0. The normalized spacial score (nSPS) is 5.83. The van der Waals surface area contributed by atoms with Gasteiger partial charge in [0.1, 0.15) is 0 Å². The van der Waals surface area contributed by atoms with Crippen molar-refractivity contribution in [1.82, 2.24) is 0 Å². The van der Waals surface area contributed by atoms with Crippen LogP contribution in [0.25, 0.3) is 0 Å². The third kappa shape index (κ3) is 27.6. The van der Waals surface area contributed by atoms with Gasteiger partial charge in [-0.3, -0.25) is 0 Å². The minimum atomic E-state index is -3.65. The molecule has 0 saturated heterocycles. The van der Waals surface area contributed by atoms with Crippen LogP contribution in [0, 0.1) is 41.3 Å². The van der Waals surface area contributed by atoms with Crippen LogP contribution in [0.15, 0.2) is 0 Å². The first-order chi connectivity index (χ1) is 1.73. The van der Waals surface area contributed by atoms with Crippen molar-refractivity contribution in [3.63, 3.8) is 0 Å². The Bertz CT molecular complexity index is 33.8. The summed E-state index contributed by atoms with van der Waals surface area (Å²) < 4.78 is 25.6. The predicted molar refractivity (Wildman–Crippen MR) is 6.44 cm³/mol. The van der Waals surface area contributed by atoms with Crippen LogP contribution in [0.2, 0.25) is 0 Å². The van der Waals surface area contributed by atoms with E-state index >= 15 is 0 Å². The number of hydrogen-bond acceptors (Lipinski definition) is 3. The Morgan fingerprint density at radius 1 is 1.33 bits per heavy atom. The molecule has 0 aliphatic heterocycles. The second-order valence-corrected chi connectivity index (χ2v) is 0.779. The van der Waals surface area contributed by atoms with E-state index in [9.17, 15) is 0 Å². The Morgan fingerprint density at radius 2 is 1.33 bits per heavy atom. The summed E-state index contributed by atoms with van der Waals surface area (Å²) in [6.45, 7) is 0. The molecule has 0 aromatic carbocycles. The number of rotatable bonds is 0. The molecule has 0 bridgehead atoms. The predicted octanol–water partition coefficient (Wildman–Crippen LogP) is -2.88. The van der Waals surface area contributed by atoms with Crippen LogP contribution in [0.4, 0.5) is 0 Å². The molecule has 0 radical (unpaired) electrons. The smallest absolute Gasteiger partial charge is 2.00 e. The average molecular weight is 331 g/mol. The summed E-state index contributed by atoms with van der Waals surface area (Å²) in [5.74, 6) is 0. The summed E-state index contributed by atoms with van der Waals surface area (Å²) in [5.41, 5.74) is 0. The van der Waals surface area contributed by atoms with Crippen LogP contribution < -0.4 is 8.38 Å². The molecular weight excluding hydrogens is 331 g/mol. The van der Waals surface area contributed by atoms with Gasteiger partial charge < -0.3 is 0 Å². The van der Waals surface area contributed by atoms with Crippen molar-refractivity contribution in [2.24, 2.45) is 0 Å². The molecule has 0 aliphatic carbocycles. The van der Waals surface area contributed by atoms with Gasteiger partial charge in [0, 0.05) is 0 Å². The first-order valence-electron chi connectivity index (χ1n) is 0.463. The molecule has 6 heavy (non-hydrogen) atoms. The maximum atomic E-state index is 8.52. The van der Waals surface area contributed by atoms with E-state index in [-0.39, 0.29) is 86.8 Å². The van der Waals surface area contributed by atoms with Crippen LogP contribution in [-0.2, 0) is 18.3 Å².